The van der Waals surface area contributed by atoms with E-state index in [9.17, 15) is 21.6 Å². The standard InChI is InChI=1S/C19H19N7O2S2.C2HF3O2/c1-20-30(27,28)14-4-6-17(29-2)16(8-14)25-19-9-18(21-11-22-19)24-13-3-5-15-12(7-13)10-23-26-15;3-2(4,5)1(6)7/h3-11,20H,1-2H3,(H,23,26)(H2,21,22,24,25);(H,6,7). The van der Waals surface area contributed by atoms with Gasteiger partial charge in [-0.25, -0.2) is 27.9 Å². The van der Waals surface area contributed by atoms with Crippen molar-refractivity contribution < 1.29 is 31.5 Å². The SMILES string of the molecule is CNS(=O)(=O)c1ccc(SC)c(Nc2cc(Nc3ccc4[nH]ncc4c3)ncn2)c1.O=C(O)C(F)(F)F. The molecule has 0 radical (unpaired) electrons. The van der Waals surface area contributed by atoms with Crippen LogP contribution in [0.3, 0.4) is 0 Å². The van der Waals surface area contributed by atoms with Crippen molar-refractivity contribution in [3.63, 3.8) is 0 Å². The van der Waals surface area contributed by atoms with Gasteiger partial charge >= 0.3 is 12.1 Å². The van der Waals surface area contributed by atoms with Gasteiger partial charge in [-0.3, -0.25) is 5.10 Å². The Bertz CT molecular complexity index is 1510. The second-order valence-electron chi connectivity index (χ2n) is 7.08. The van der Waals surface area contributed by atoms with Gasteiger partial charge in [-0.2, -0.15) is 18.3 Å². The summed E-state index contributed by atoms with van der Waals surface area (Å²) in [6.07, 6.45) is 0.0311. The van der Waals surface area contributed by atoms with E-state index in [2.05, 4.69) is 35.5 Å². The zero-order valence-corrected chi connectivity index (χ0v) is 20.8. The van der Waals surface area contributed by atoms with Crippen LogP contribution >= 0.6 is 11.8 Å². The molecule has 0 saturated heterocycles. The number of rotatable bonds is 7. The highest BCUT2D eigenvalue weighted by Crippen LogP contribution is 2.31. The van der Waals surface area contributed by atoms with Gasteiger partial charge in [0.2, 0.25) is 10.0 Å². The number of H-pyrrole nitrogens is 1. The first kappa shape index (κ1) is 27.7. The Labute approximate surface area is 213 Å². The normalized spacial score (nSPS) is 11.5. The molecule has 37 heavy (non-hydrogen) atoms. The van der Waals surface area contributed by atoms with E-state index < -0.39 is 22.2 Å². The molecule has 0 spiro atoms. The van der Waals surface area contributed by atoms with Gasteiger partial charge in [-0.15, -0.1) is 11.8 Å². The minimum absolute atomic E-state index is 0.172. The molecule has 0 atom stereocenters. The van der Waals surface area contributed by atoms with Crippen LogP contribution in [0.1, 0.15) is 0 Å². The number of fused-ring (bicyclic) bond motifs is 1. The van der Waals surface area contributed by atoms with E-state index in [-0.39, 0.29) is 4.90 Å². The van der Waals surface area contributed by atoms with E-state index in [4.69, 9.17) is 9.90 Å². The molecule has 0 saturated carbocycles. The lowest BCUT2D eigenvalue weighted by Gasteiger charge is -2.13. The van der Waals surface area contributed by atoms with Crippen molar-refractivity contribution in [1.82, 2.24) is 24.9 Å². The summed E-state index contributed by atoms with van der Waals surface area (Å²) in [5.41, 5.74) is 2.45. The molecule has 2 heterocycles. The van der Waals surface area contributed by atoms with Crippen LogP contribution in [0.15, 0.2) is 64.8 Å². The van der Waals surface area contributed by atoms with Crippen LogP contribution in [0.4, 0.5) is 36.2 Å². The van der Waals surface area contributed by atoms with Gasteiger partial charge in [0, 0.05) is 22.0 Å². The Balaban J connectivity index is 0.000000479. The molecule has 0 fully saturated rings. The first-order chi connectivity index (χ1) is 17.4. The number of carbonyl (C=O) groups is 1. The summed E-state index contributed by atoms with van der Waals surface area (Å²) in [6, 6.07) is 12.5. The van der Waals surface area contributed by atoms with E-state index in [1.807, 2.05) is 24.5 Å². The van der Waals surface area contributed by atoms with Crippen LogP contribution in [-0.4, -0.2) is 59.1 Å². The summed E-state index contributed by atoms with van der Waals surface area (Å²) in [6.45, 7) is 0. The number of aromatic nitrogens is 4. The monoisotopic (exact) mass is 555 g/mol. The molecule has 0 bridgehead atoms. The highest BCUT2D eigenvalue weighted by atomic mass is 32.2. The molecule has 11 nitrogen and oxygen atoms in total. The third-order valence-corrected chi connectivity index (χ3v) is 6.84. The second-order valence-corrected chi connectivity index (χ2v) is 9.82. The maximum Gasteiger partial charge on any atom is 0.490 e. The van der Waals surface area contributed by atoms with Crippen molar-refractivity contribution in [2.45, 2.75) is 16.0 Å². The first-order valence-corrected chi connectivity index (χ1v) is 12.8. The van der Waals surface area contributed by atoms with Crippen LogP contribution in [0, 0.1) is 0 Å². The first-order valence-electron chi connectivity index (χ1n) is 10.1. The fourth-order valence-corrected chi connectivity index (χ4v) is 4.16. The summed E-state index contributed by atoms with van der Waals surface area (Å²) in [4.78, 5) is 18.5. The largest absolute Gasteiger partial charge is 0.490 e. The van der Waals surface area contributed by atoms with Gasteiger partial charge in [0.1, 0.15) is 18.0 Å². The van der Waals surface area contributed by atoms with Gasteiger partial charge in [-0.1, -0.05) is 0 Å². The van der Waals surface area contributed by atoms with Gasteiger partial charge in [0.15, 0.2) is 0 Å². The second kappa shape index (κ2) is 11.4. The molecule has 0 aliphatic carbocycles. The van der Waals surface area contributed by atoms with E-state index in [0.29, 0.717) is 17.3 Å². The molecule has 0 amide bonds. The van der Waals surface area contributed by atoms with Crippen molar-refractivity contribution in [3.05, 3.63) is 55.0 Å². The van der Waals surface area contributed by atoms with E-state index in [1.165, 1.54) is 25.1 Å². The predicted molar refractivity (Wildman–Crippen MR) is 133 cm³/mol. The molecule has 16 heteroatoms. The number of anilines is 4. The summed E-state index contributed by atoms with van der Waals surface area (Å²) in [5, 5.41) is 21.5. The number of thioether (sulfide) groups is 1. The Morgan fingerprint density at radius 2 is 1.73 bits per heavy atom. The van der Waals surface area contributed by atoms with Crippen molar-refractivity contribution in [3.8, 4) is 0 Å². The zero-order chi connectivity index (χ0) is 27.2. The number of nitrogens with zero attached hydrogens (tertiary/aromatic N) is 3. The fourth-order valence-electron chi connectivity index (χ4n) is 2.87. The Morgan fingerprint density at radius 3 is 2.35 bits per heavy atom. The number of carboxylic acids is 1. The smallest absolute Gasteiger partial charge is 0.475 e. The number of hydrogen-bond acceptors (Lipinski definition) is 9. The molecule has 0 aliphatic rings. The molecule has 4 rings (SSSR count). The third-order valence-electron chi connectivity index (χ3n) is 4.63. The Kier molecular flexibility index (Phi) is 8.57. The van der Waals surface area contributed by atoms with Crippen LogP contribution in [0.25, 0.3) is 10.9 Å². The number of sulfonamides is 1. The summed E-state index contributed by atoms with van der Waals surface area (Å²) < 4.78 is 58.4. The molecule has 0 aliphatic heterocycles. The average molecular weight is 556 g/mol. The lowest BCUT2D eigenvalue weighted by Crippen LogP contribution is -2.21. The van der Waals surface area contributed by atoms with E-state index in [1.54, 1.807) is 30.5 Å². The van der Waals surface area contributed by atoms with Gasteiger partial charge in [0.05, 0.1) is 22.3 Å². The zero-order valence-electron chi connectivity index (χ0n) is 19.2. The highest BCUT2D eigenvalue weighted by molar-refractivity contribution is 7.98. The molecule has 4 aromatic rings. The lowest BCUT2D eigenvalue weighted by molar-refractivity contribution is -0.192. The number of aromatic amines is 1. The minimum atomic E-state index is -5.08. The van der Waals surface area contributed by atoms with Crippen molar-refractivity contribution >= 4 is 61.7 Å². The van der Waals surface area contributed by atoms with Crippen molar-refractivity contribution in [2.75, 3.05) is 23.9 Å². The summed E-state index contributed by atoms with van der Waals surface area (Å²) in [5.74, 6) is -1.63. The number of carboxylic acid groups (broad SMARTS) is 1. The van der Waals surface area contributed by atoms with Crippen LogP contribution in [-0.2, 0) is 14.8 Å². The number of halogens is 3. The molecule has 2 aromatic heterocycles. The maximum atomic E-state index is 12.1. The number of aliphatic carboxylic acids is 1. The van der Waals surface area contributed by atoms with Crippen LogP contribution in [0.2, 0.25) is 0 Å². The Morgan fingerprint density at radius 1 is 1.05 bits per heavy atom. The maximum absolute atomic E-state index is 12.1. The molecule has 2 aromatic carbocycles. The lowest BCUT2D eigenvalue weighted by atomic mass is 10.2. The topological polar surface area (TPSA) is 162 Å². The number of benzene rings is 2. The van der Waals surface area contributed by atoms with Crippen molar-refractivity contribution in [2.24, 2.45) is 0 Å². The Hall–Kier alpha value is -3.89. The van der Waals surface area contributed by atoms with E-state index in [0.717, 1.165) is 21.5 Å². The van der Waals surface area contributed by atoms with Gasteiger partial charge in [-0.05, 0) is 49.7 Å². The summed E-state index contributed by atoms with van der Waals surface area (Å²) in [7, 11) is -2.17. The predicted octanol–water partition coefficient (Wildman–Crippen LogP) is 4.10. The average Bonchev–Trinajstić information content (AvgIpc) is 3.32. The molecular formula is C21H20F3N7O4S2. The van der Waals surface area contributed by atoms with E-state index >= 15 is 0 Å². The van der Waals surface area contributed by atoms with Gasteiger partial charge < -0.3 is 15.7 Å². The third kappa shape index (κ3) is 7.31. The van der Waals surface area contributed by atoms with Gasteiger partial charge in [0.25, 0.3) is 0 Å². The van der Waals surface area contributed by atoms with Crippen molar-refractivity contribution in [1.29, 1.82) is 0 Å². The highest BCUT2D eigenvalue weighted by Gasteiger charge is 2.38. The fraction of sp³-hybridized carbons (Fsp3) is 0.143. The number of nitrogens with one attached hydrogen (secondary N) is 4. The minimum Gasteiger partial charge on any atom is -0.475 e. The van der Waals surface area contributed by atoms with Crippen LogP contribution < -0.4 is 15.4 Å². The molecule has 0 unspecified atom stereocenters. The molecular weight excluding hydrogens is 535 g/mol. The quantitative estimate of drug-likeness (QED) is 0.210. The number of hydrogen-bond donors (Lipinski definition) is 5. The summed E-state index contributed by atoms with van der Waals surface area (Å²) >= 11 is 1.50. The molecule has 196 valence electrons. The number of alkyl halides is 3. The van der Waals surface area contributed by atoms with Crippen LogP contribution in [0.5, 0.6) is 0 Å². The molecule has 5 N–H and O–H groups in total.